The van der Waals surface area contributed by atoms with Gasteiger partial charge in [0.2, 0.25) is 5.91 Å². The van der Waals surface area contributed by atoms with E-state index in [1.165, 1.54) is 18.3 Å². The topological polar surface area (TPSA) is 71.8 Å². The first kappa shape index (κ1) is 17.0. The van der Waals surface area contributed by atoms with E-state index in [1.807, 2.05) is 35.1 Å². The fourth-order valence-corrected chi connectivity index (χ4v) is 4.19. The quantitative estimate of drug-likeness (QED) is 0.747. The first-order valence-corrected chi connectivity index (χ1v) is 9.45. The molecule has 0 bridgehead atoms. The molecule has 1 aliphatic heterocycles. The number of aromatic nitrogens is 3. The predicted molar refractivity (Wildman–Crippen MR) is 101 cm³/mol. The van der Waals surface area contributed by atoms with Crippen molar-refractivity contribution in [1.82, 2.24) is 19.5 Å². The minimum absolute atomic E-state index is 0.0935. The molecule has 4 heterocycles. The number of anilines is 1. The van der Waals surface area contributed by atoms with Gasteiger partial charge in [-0.05, 0) is 19.1 Å². The van der Waals surface area contributed by atoms with Gasteiger partial charge in [0.15, 0.2) is 5.13 Å². The molecule has 0 radical (unpaired) electrons. The van der Waals surface area contributed by atoms with Crippen molar-refractivity contribution in [3.63, 3.8) is 0 Å². The molecule has 1 aliphatic rings. The summed E-state index contributed by atoms with van der Waals surface area (Å²) in [5, 5.41) is 7.59. The van der Waals surface area contributed by atoms with Crippen LogP contribution in [0.3, 0.4) is 0 Å². The number of hydrogen-bond donors (Lipinski definition) is 1. The van der Waals surface area contributed by atoms with Crippen molar-refractivity contribution in [2.45, 2.75) is 39.0 Å². The first-order chi connectivity index (χ1) is 12.6. The van der Waals surface area contributed by atoms with Gasteiger partial charge in [0, 0.05) is 62.0 Å². The Morgan fingerprint density at radius 3 is 3.19 bits per heavy atom. The molecule has 2 atom stereocenters. The standard InChI is InChI=1S/C18H21N5O2S/c1-12-7-16(25-15-4-6-23-14(8-15)3-5-20-23)10-22(12)11-17-9-19-18(26-17)21-13(2)24/h3-6,8-9,12,16H,7,10-11H2,1-2H3,(H,19,21,24). The third kappa shape index (κ3) is 3.71. The number of ether oxygens (including phenoxy) is 1. The maximum atomic E-state index is 11.1. The minimum atomic E-state index is -0.0935. The number of hydrogen-bond acceptors (Lipinski definition) is 6. The van der Waals surface area contributed by atoms with Gasteiger partial charge in [0.25, 0.3) is 0 Å². The molecule has 26 heavy (non-hydrogen) atoms. The van der Waals surface area contributed by atoms with Gasteiger partial charge in [-0.2, -0.15) is 5.10 Å². The molecule has 0 aliphatic carbocycles. The van der Waals surface area contributed by atoms with Crippen LogP contribution in [0.15, 0.2) is 36.8 Å². The van der Waals surface area contributed by atoms with Crippen LogP contribution in [0.2, 0.25) is 0 Å². The van der Waals surface area contributed by atoms with Crippen LogP contribution in [0.1, 0.15) is 25.1 Å². The smallest absolute Gasteiger partial charge is 0.223 e. The number of thiazole rings is 1. The molecule has 1 N–H and O–H groups in total. The molecule has 136 valence electrons. The van der Waals surface area contributed by atoms with E-state index in [0.717, 1.165) is 35.7 Å². The summed E-state index contributed by atoms with van der Waals surface area (Å²) in [5.41, 5.74) is 1.03. The molecule has 3 aromatic rings. The van der Waals surface area contributed by atoms with Crippen molar-refractivity contribution in [1.29, 1.82) is 0 Å². The molecule has 7 nitrogen and oxygen atoms in total. The van der Waals surface area contributed by atoms with Crippen LogP contribution in [-0.4, -0.2) is 44.1 Å². The van der Waals surface area contributed by atoms with Gasteiger partial charge >= 0.3 is 0 Å². The van der Waals surface area contributed by atoms with Gasteiger partial charge in [-0.25, -0.2) is 9.50 Å². The second kappa shape index (κ2) is 7.05. The van der Waals surface area contributed by atoms with Crippen molar-refractivity contribution in [3.8, 4) is 5.75 Å². The maximum absolute atomic E-state index is 11.1. The summed E-state index contributed by atoms with van der Waals surface area (Å²) < 4.78 is 8.02. The largest absolute Gasteiger partial charge is 0.489 e. The van der Waals surface area contributed by atoms with E-state index < -0.39 is 0 Å². The Morgan fingerprint density at radius 2 is 2.35 bits per heavy atom. The summed E-state index contributed by atoms with van der Waals surface area (Å²) in [6.07, 6.45) is 6.69. The van der Waals surface area contributed by atoms with E-state index in [-0.39, 0.29) is 12.0 Å². The van der Waals surface area contributed by atoms with Crippen LogP contribution in [0.25, 0.3) is 5.52 Å². The SMILES string of the molecule is CC(=O)Nc1ncc(CN2CC(Oc3ccn4nccc4c3)CC2C)s1. The van der Waals surface area contributed by atoms with Crippen LogP contribution in [0.5, 0.6) is 5.75 Å². The summed E-state index contributed by atoms with van der Waals surface area (Å²) in [4.78, 5) is 18.9. The second-order valence-electron chi connectivity index (χ2n) is 6.63. The van der Waals surface area contributed by atoms with E-state index in [1.54, 1.807) is 6.20 Å². The van der Waals surface area contributed by atoms with Gasteiger partial charge in [0.05, 0.1) is 5.52 Å². The third-order valence-corrected chi connectivity index (χ3v) is 5.43. The van der Waals surface area contributed by atoms with Crippen LogP contribution in [0, 0.1) is 0 Å². The summed E-state index contributed by atoms with van der Waals surface area (Å²) in [7, 11) is 0. The number of carbonyl (C=O) groups excluding carboxylic acids is 1. The van der Waals surface area contributed by atoms with Crippen LogP contribution >= 0.6 is 11.3 Å². The van der Waals surface area contributed by atoms with Crippen molar-refractivity contribution < 1.29 is 9.53 Å². The first-order valence-electron chi connectivity index (χ1n) is 8.63. The van der Waals surface area contributed by atoms with Gasteiger partial charge in [-0.15, -0.1) is 11.3 Å². The molecule has 3 aromatic heterocycles. The lowest BCUT2D eigenvalue weighted by Crippen LogP contribution is -2.27. The Balaban J connectivity index is 1.37. The number of likely N-dealkylation sites (tertiary alicyclic amines) is 1. The molecule has 0 saturated carbocycles. The monoisotopic (exact) mass is 371 g/mol. The number of carbonyl (C=O) groups is 1. The Hall–Kier alpha value is -2.45. The Morgan fingerprint density at radius 1 is 1.46 bits per heavy atom. The molecular formula is C18H21N5O2S. The molecule has 1 saturated heterocycles. The zero-order chi connectivity index (χ0) is 18.1. The number of nitrogens with zero attached hydrogens (tertiary/aromatic N) is 4. The van der Waals surface area contributed by atoms with E-state index in [2.05, 4.69) is 27.2 Å². The Labute approximate surface area is 155 Å². The van der Waals surface area contributed by atoms with E-state index >= 15 is 0 Å². The average Bonchev–Trinajstić information content (AvgIpc) is 3.29. The second-order valence-corrected chi connectivity index (χ2v) is 7.75. The van der Waals surface area contributed by atoms with Gasteiger partial charge in [-0.1, -0.05) is 0 Å². The molecule has 0 spiro atoms. The Bertz CT molecular complexity index is 921. The lowest BCUT2D eigenvalue weighted by Gasteiger charge is -2.19. The van der Waals surface area contributed by atoms with E-state index in [0.29, 0.717) is 11.2 Å². The highest BCUT2D eigenvalue weighted by atomic mass is 32.1. The third-order valence-electron chi connectivity index (χ3n) is 4.53. The summed E-state index contributed by atoms with van der Waals surface area (Å²) >= 11 is 1.52. The van der Waals surface area contributed by atoms with E-state index in [9.17, 15) is 4.79 Å². The average molecular weight is 371 g/mol. The highest BCUT2D eigenvalue weighted by Gasteiger charge is 2.30. The maximum Gasteiger partial charge on any atom is 0.223 e. The molecule has 8 heteroatoms. The lowest BCUT2D eigenvalue weighted by atomic mass is 10.2. The number of fused-ring (bicyclic) bond motifs is 1. The summed E-state index contributed by atoms with van der Waals surface area (Å²) in [5.74, 6) is 0.784. The fraction of sp³-hybridized carbons (Fsp3) is 0.389. The predicted octanol–water partition coefficient (Wildman–Crippen LogP) is 2.79. The van der Waals surface area contributed by atoms with Crippen molar-refractivity contribution in [2.75, 3.05) is 11.9 Å². The normalized spacial score (nSPS) is 20.5. The Kier molecular flexibility index (Phi) is 4.60. The van der Waals surface area contributed by atoms with Crippen molar-refractivity contribution in [3.05, 3.63) is 41.7 Å². The van der Waals surface area contributed by atoms with Crippen LogP contribution in [-0.2, 0) is 11.3 Å². The molecule has 1 fully saturated rings. The number of rotatable bonds is 5. The zero-order valence-corrected chi connectivity index (χ0v) is 15.6. The highest BCUT2D eigenvalue weighted by molar-refractivity contribution is 7.15. The van der Waals surface area contributed by atoms with Crippen LogP contribution in [0.4, 0.5) is 5.13 Å². The van der Waals surface area contributed by atoms with Gasteiger partial charge in [-0.3, -0.25) is 9.69 Å². The van der Waals surface area contributed by atoms with Crippen molar-refractivity contribution >= 4 is 27.9 Å². The number of pyridine rings is 1. The molecule has 4 rings (SSSR count). The zero-order valence-electron chi connectivity index (χ0n) is 14.8. The van der Waals surface area contributed by atoms with Gasteiger partial charge in [0.1, 0.15) is 11.9 Å². The summed E-state index contributed by atoms with van der Waals surface area (Å²) in [6, 6.07) is 6.37. The fourth-order valence-electron chi connectivity index (χ4n) is 3.31. The summed E-state index contributed by atoms with van der Waals surface area (Å²) in [6.45, 7) is 5.41. The van der Waals surface area contributed by atoms with Crippen LogP contribution < -0.4 is 10.1 Å². The molecule has 1 amide bonds. The van der Waals surface area contributed by atoms with Gasteiger partial charge < -0.3 is 10.1 Å². The lowest BCUT2D eigenvalue weighted by molar-refractivity contribution is -0.114. The number of amides is 1. The highest BCUT2D eigenvalue weighted by Crippen LogP contribution is 2.27. The minimum Gasteiger partial charge on any atom is -0.489 e. The van der Waals surface area contributed by atoms with Crippen molar-refractivity contribution in [2.24, 2.45) is 0 Å². The van der Waals surface area contributed by atoms with E-state index in [4.69, 9.17) is 4.74 Å². The molecular weight excluding hydrogens is 350 g/mol. The molecule has 2 unspecified atom stereocenters. The number of nitrogens with one attached hydrogen (secondary N) is 1. The molecule has 0 aromatic carbocycles.